The van der Waals surface area contributed by atoms with E-state index in [9.17, 15) is 9.59 Å². The molecule has 1 aromatic rings. The van der Waals surface area contributed by atoms with Crippen LogP contribution in [0.25, 0.3) is 0 Å². The fourth-order valence-electron chi connectivity index (χ4n) is 1.62. The Bertz CT molecular complexity index is 469. The summed E-state index contributed by atoms with van der Waals surface area (Å²) < 4.78 is 0. The van der Waals surface area contributed by atoms with Crippen LogP contribution < -0.4 is 16.4 Å². The Morgan fingerprint density at radius 2 is 1.81 bits per heavy atom. The van der Waals surface area contributed by atoms with Gasteiger partial charge in [0.1, 0.15) is 0 Å². The molecule has 1 rings (SSSR count). The second-order valence-corrected chi connectivity index (χ2v) is 5.26. The van der Waals surface area contributed by atoms with E-state index in [2.05, 4.69) is 10.6 Å². The number of amides is 2. The van der Waals surface area contributed by atoms with Crippen molar-refractivity contribution < 1.29 is 9.59 Å². The zero-order chi connectivity index (χ0) is 15.8. The Morgan fingerprint density at radius 3 is 2.33 bits per heavy atom. The van der Waals surface area contributed by atoms with Crippen LogP contribution in [0.4, 0.5) is 0 Å². The van der Waals surface area contributed by atoms with E-state index >= 15 is 0 Å². The predicted molar refractivity (Wildman–Crippen MR) is 82.8 cm³/mol. The fraction of sp³-hybridized carbons (Fsp3) is 0.467. The molecule has 116 valence electrons. The van der Waals surface area contributed by atoms with Crippen LogP contribution in [0.3, 0.4) is 0 Å². The van der Waals surface area contributed by atoms with Crippen LogP contribution in [-0.4, -0.2) is 49.9 Å². The summed E-state index contributed by atoms with van der Waals surface area (Å²) in [7, 11) is 3.91. The van der Waals surface area contributed by atoms with Gasteiger partial charge in [-0.2, -0.15) is 0 Å². The van der Waals surface area contributed by atoms with Crippen molar-refractivity contribution in [2.45, 2.75) is 19.5 Å². The second kappa shape index (κ2) is 8.39. The highest BCUT2D eigenvalue weighted by molar-refractivity contribution is 5.94. The van der Waals surface area contributed by atoms with E-state index in [0.29, 0.717) is 18.7 Å². The Kier molecular flexibility index (Phi) is 6.84. The van der Waals surface area contributed by atoms with Crippen LogP contribution in [0.5, 0.6) is 0 Å². The lowest BCUT2D eigenvalue weighted by Gasteiger charge is -2.11. The third-order valence-corrected chi connectivity index (χ3v) is 2.94. The van der Waals surface area contributed by atoms with Gasteiger partial charge in [-0.05, 0) is 38.7 Å². The molecule has 0 aliphatic carbocycles. The molecule has 1 unspecified atom stereocenters. The number of nitrogens with zero attached hydrogens (tertiary/aromatic N) is 1. The standard InChI is InChI=1S/C15H24N4O2/c1-11(16)14(20)18-10-12-4-6-13(7-5-12)15(21)17-8-9-19(2)3/h4-7,11H,8-10,16H2,1-3H3,(H,17,21)(H,18,20). The number of benzene rings is 1. The average molecular weight is 292 g/mol. The van der Waals surface area contributed by atoms with Crippen molar-refractivity contribution in [1.82, 2.24) is 15.5 Å². The summed E-state index contributed by atoms with van der Waals surface area (Å²) >= 11 is 0. The van der Waals surface area contributed by atoms with E-state index in [1.807, 2.05) is 31.1 Å². The molecule has 1 atom stereocenters. The molecular formula is C15H24N4O2. The maximum Gasteiger partial charge on any atom is 0.251 e. The third kappa shape index (κ3) is 6.37. The first kappa shape index (κ1) is 17.1. The minimum Gasteiger partial charge on any atom is -0.351 e. The lowest BCUT2D eigenvalue weighted by atomic mass is 10.1. The molecule has 0 aromatic heterocycles. The van der Waals surface area contributed by atoms with Crippen molar-refractivity contribution in [1.29, 1.82) is 0 Å². The Hall–Kier alpha value is -1.92. The van der Waals surface area contributed by atoms with Gasteiger partial charge in [0, 0.05) is 25.2 Å². The van der Waals surface area contributed by atoms with E-state index in [1.165, 1.54) is 0 Å². The van der Waals surface area contributed by atoms with E-state index in [-0.39, 0.29) is 11.8 Å². The first-order chi connectivity index (χ1) is 9.90. The van der Waals surface area contributed by atoms with E-state index in [1.54, 1.807) is 19.1 Å². The number of likely N-dealkylation sites (N-methyl/N-ethyl adjacent to an activating group) is 1. The molecule has 0 radical (unpaired) electrons. The molecule has 0 heterocycles. The molecule has 1 aromatic carbocycles. The van der Waals surface area contributed by atoms with Crippen LogP contribution in [0.1, 0.15) is 22.8 Å². The van der Waals surface area contributed by atoms with Gasteiger partial charge in [0.15, 0.2) is 0 Å². The van der Waals surface area contributed by atoms with Gasteiger partial charge in [0.2, 0.25) is 5.91 Å². The number of carbonyl (C=O) groups is 2. The molecular weight excluding hydrogens is 268 g/mol. The van der Waals surface area contributed by atoms with Gasteiger partial charge in [-0.15, -0.1) is 0 Å². The molecule has 0 bridgehead atoms. The first-order valence-electron chi connectivity index (χ1n) is 6.95. The molecule has 0 spiro atoms. The second-order valence-electron chi connectivity index (χ2n) is 5.26. The summed E-state index contributed by atoms with van der Waals surface area (Å²) in [5.74, 6) is -0.288. The zero-order valence-corrected chi connectivity index (χ0v) is 12.8. The minimum absolute atomic E-state index is 0.0944. The van der Waals surface area contributed by atoms with Gasteiger partial charge in [0.25, 0.3) is 5.91 Å². The highest BCUT2D eigenvalue weighted by atomic mass is 16.2. The smallest absolute Gasteiger partial charge is 0.251 e. The van der Waals surface area contributed by atoms with Crippen molar-refractivity contribution in [3.8, 4) is 0 Å². The van der Waals surface area contributed by atoms with E-state index in [0.717, 1.165) is 12.1 Å². The largest absolute Gasteiger partial charge is 0.351 e. The quantitative estimate of drug-likeness (QED) is 0.657. The van der Waals surface area contributed by atoms with Crippen LogP contribution >= 0.6 is 0 Å². The fourth-order valence-corrected chi connectivity index (χ4v) is 1.62. The Labute approximate surface area is 125 Å². The van der Waals surface area contributed by atoms with E-state index in [4.69, 9.17) is 5.73 Å². The predicted octanol–water partition coefficient (Wildman–Crippen LogP) is -0.0586. The van der Waals surface area contributed by atoms with Crippen LogP contribution in [0, 0.1) is 0 Å². The van der Waals surface area contributed by atoms with Gasteiger partial charge in [-0.25, -0.2) is 0 Å². The number of rotatable bonds is 7. The molecule has 0 saturated carbocycles. The van der Waals surface area contributed by atoms with Gasteiger partial charge in [-0.1, -0.05) is 12.1 Å². The summed E-state index contributed by atoms with van der Waals surface area (Å²) in [6, 6.07) is 6.62. The average Bonchev–Trinajstić information content (AvgIpc) is 2.44. The van der Waals surface area contributed by atoms with Gasteiger partial charge in [0.05, 0.1) is 6.04 Å². The van der Waals surface area contributed by atoms with Crippen LogP contribution in [0.2, 0.25) is 0 Å². The van der Waals surface area contributed by atoms with Gasteiger partial charge < -0.3 is 21.3 Å². The summed E-state index contributed by atoms with van der Waals surface area (Å²) in [5.41, 5.74) is 7.00. The lowest BCUT2D eigenvalue weighted by Crippen LogP contribution is -2.37. The van der Waals surface area contributed by atoms with Gasteiger partial charge >= 0.3 is 0 Å². The maximum absolute atomic E-state index is 11.9. The highest BCUT2D eigenvalue weighted by Gasteiger charge is 2.07. The molecule has 21 heavy (non-hydrogen) atoms. The molecule has 0 aliphatic rings. The Balaban J connectivity index is 2.46. The summed E-state index contributed by atoms with van der Waals surface area (Å²) in [5, 5.41) is 5.57. The molecule has 2 amide bonds. The van der Waals surface area contributed by atoms with Crippen LogP contribution in [0.15, 0.2) is 24.3 Å². The van der Waals surface area contributed by atoms with Crippen molar-refractivity contribution in [3.05, 3.63) is 35.4 Å². The van der Waals surface area contributed by atoms with E-state index < -0.39 is 6.04 Å². The highest BCUT2D eigenvalue weighted by Crippen LogP contribution is 2.04. The molecule has 6 heteroatoms. The molecule has 0 aliphatic heterocycles. The SMILES string of the molecule is CC(N)C(=O)NCc1ccc(C(=O)NCCN(C)C)cc1. The molecule has 4 N–H and O–H groups in total. The number of hydrogen-bond donors (Lipinski definition) is 3. The third-order valence-electron chi connectivity index (χ3n) is 2.94. The summed E-state index contributed by atoms with van der Waals surface area (Å²) in [6.45, 7) is 3.45. The van der Waals surface area contributed by atoms with Crippen molar-refractivity contribution in [2.75, 3.05) is 27.2 Å². The summed E-state index contributed by atoms with van der Waals surface area (Å²) in [4.78, 5) is 25.2. The number of carbonyl (C=O) groups excluding carboxylic acids is 2. The number of nitrogens with one attached hydrogen (secondary N) is 2. The topological polar surface area (TPSA) is 87.5 Å². The molecule has 0 saturated heterocycles. The minimum atomic E-state index is -0.522. The van der Waals surface area contributed by atoms with Crippen molar-refractivity contribution >= 4 is 11.8 Å². The Morgan fingerprint density at radius 1 is 1.19 bits per heavy atom. The van der Waals surface area contributed by atoms with Crippen molar-refractivity contribution in [2.24, 2.45) is 5.73 Å². The number of nitrogens with two attached hydrogens (primary N) is 1. The molecule has 0 fully saturated rings. The number of hydrogen-bond acceptors (Lipinski definition) is 4. The normalized spacial score (nSPS) is 12.0. The maximum atomic E-state index is 11.9. The molecule has 6 nitrogen and oxygen atoms in total. The lowest BCUT2D eigenvalue weighted by molar-refractivity contribution is -0.122. The van der Waals surface area contributed by atoms with Crippen molar-refractivity contribution in [3.63, 3.8) is 0 Å². The monoisotopic (exact) mass is 292 g/mol. The van der Waals surface area contributed by atoms with Crippen LogP contribution in [-0.2, 0) is 11.3 Å². The first-order valence-corrected chi connectivity index (χ1v) is 6.95. The zero-order valence-electron chi connectivity index (χ0n) is 12.8. The van der Waals surface area contributed by atoms with Gasteiger partial charge in [-0.3, -0.25) is 9.59 Å². The summed E-state index contributed by atoms with van der Waals surface area (Å²) in [6.07, 6.45) is 0.